The maximum Gasteiger partial charge on any atom is 0.208 e. The lowest BCUT2D eigenvalue weighted by Crippen LogP contribution is -2.30. The van der Waals surface area contributed by atoms with Crippen molar-refractivity contribution in [3.8, 4) is 0 Å². The number of nitrogens with zero attached hydrogens (tertiary/aromatic N) is 1. The van der Waals surface area contributed by atoms with Crippen molar-refractivity contribution < 1.29 is 14.3 Å². The lowest BCUT2D eigenvalue weighted by molar-refractivity contribution is 0.0424. The summed E-state index contributed by atoms with van der Waals surface area (Å²) >= 11 is 0. The maximum atomic E-state index is 9.47. The van der Waals surface area contributed by atoms with Gasteiger partial charge in [-0.3, -0.25) is 0 Å². The molecule has 5 heteroatoms. The first-order valence-electron chi connectivity index (χ1n) is 5.66. The summed E-state index contributed by atoms with van der Waals surface area (Å²) in [6, 6.07) is 0. The third-order valence-electron chi connectivity index (χ3n) is 2.12. The molecule has 1 rings (SSSR count). The van der Waals surface area contributed by atoms with Gasteiger partial charge in [0.05, 0.1) is 25.5 Å². The summed E-state index contributed by atoms with van der Waals surface area (Å²) in [7, 11) is 0. The molecule has 0 aliphatic rings. The molecule has 1 aromatic heterocycles. The Kier molecular flexibility index (Phi) is 6.07. The third kappa shape index (κ3) is 4.74. The minimum atomic E-state index is -0.486. The van der Waals surface area contributed by atoms with Crippen LogP contribution in [0.2, 0.25) is 0 Å². The van der Waals surface area contributed by atoms with Gasteiger partial charge in [-0.2, -0.15) is 0 Å². The van der Waals surface area contributed by atoms with Crippen LogP contribution < -0.4 is 5.32 Å². The number of rotatable bonds is 8. The molecule has 0 saturated carbocycles. The fourth-order valence-corrected chi connectivity index (χ4v) is 1.25. The van der Waals surface area contributed by atoms with Crippen molar-refractivity contribution in [2.24, 2.45) is 0 Å². The Morgan fingerprint density at radius 2 is 2.38 bits per heavy atom. The predicted octanol–water partition coefficient (Wildman–Crippen LogP) is 0.724. The van der Waals surface area contributed by atoms with E-state index in [1.165, 1.54) is 0 Å². The van der Waals surface area contributed by atoms with Gasteiger partial charge < -0.3 is 19.6 Å². The van der Waals surface area contributed by atoms with Crippen LogP contribution in [0, 0.1) is 0 Å². The van der Waals surface area contributed by atoms with E-state index >= 15 is 0 Å². The van der Waals surface area contributed by atoms with Gasteiger partial charge in [-0.25, -0.2) is 4.98 Å². The molecule has 0 aliphatic heterocycles. The Bertz CT molecular complexity index is 289. The number of nitrogens with one attached hydrogen (secondary N) is 1. The van der Waals surface area contributed by atoms with Crippen molar-refractivity contribution in [1.82, 2.24) is 10.3 Å². The van der Waals surface area contributed by atoms with Gasteiger partial charge in [0, 0.05) is 19.6 Å². The second kappa shape index (κ2) is 7.38. The number of oxazole rings is 1. The average Bonchev–Trinajstić information content (AvgIpc) is 2.74. The highest BCUT2D eigenvalue weighted by atomic mass is 16.5. The SMILES string of the molecule is CCOCC(O)CNCc1ncc(CC)o1. The van der Waals surface area contributed by atoms with E-state index in [9.17, 15) is 5.11 Å². The van der Waals surface area contributed by atoms with Crippen molar-refractivity contribution in [3.05, 3.63) is 17.8 Å². The van der Waals surface area contributed by atoms with Crippen LogP contribution >= 0.6 is 0 Å². The topological polar surface area (TPSA) is 67.5 Å². The van der Waals surface area contributed by atoms with Gasteiger partial charge in [-0.05, 0) is 6.92 Å². The summed E-state index contributed by atoms with van der Waals surface area (Å²) in [6.07, 6.45) is 2.09. The monoisotopic (exact) mass is 228 g/mol. The van der Waals surface area contributed by atoms with Gasteiger partial charge in [-0.15, -0.1) is 0 Å². The Labute approximate surface area is 95.8 Å². The molecule has 16 heavy (non-hydrogen) atoms. The molecule has 5 nitrogen and oxygen atoms in total. The highest BCUT2D eigenvalue weighted by molar-refractivity contribution is 4.93. The molecule has 92 valence electrons. The van der Waals surface area contributed by atoms with Crippen LogP contribution in [0.15, 0.2) is 10.6 Å². The Hall–Kier alpha value is -0.910. The van der Waals surface area contributed by atoms with Crippen LogP contribution in [-0.4, -0.2) is 36.0 Å². The fraction of sp³-hybridized carbons (Fsp3) is 0.727. The molecule has 2 N–H and O–H groups in total. The first kappa shape index (κ1) is 13.2. The highest BCUT2D eigenvalue weighted by Crippen LogP contribution is 2.03. The van der Waals surface area contributed by atoms with Crippen LogP contribution in [0.5, 0.6) is 0 Å². The first-order valence-corrected chi connectivity index (χ1v) is 5.66. The lowest BCUT2D eigenvalue weighted by atomic mass is 10.4. The molecule has 1 heterocycles. The van der Waals surface area contributed by atoms with E-state index in [-0.39, 0.29) is 0 Å². The van der Waals surface area contributed by atoms with Crippen molar-refractivity contribution in [2.75, 3.05) is 19.8 Å². The van der Waals surface area contributed by atoms with Gasteiger partial charge in [0.1, 0.15) is 5.76 Å². The van der Waals surface area contributed by atoms with Crippen LogP contribution in [0.1, 0.15) is 25.5 Å². The van der Waals surface area contributed by atoms with Crippen molar-refractivity contribution in [1.29, 1.82) is 0 Å². The predicted molar refractivity (Wildman–Crippen MR) is 60.1 cm³/mol. The summed E-state index contributed by atoms with van der Waals surface area (Å²) in [5.41, 5.74) is 0. The Morgan fingerprint density at radius 1 is 1.56 bits per heavy atom. The number of hydrogen-bond acceptors (Lipinski definition) is 5. The number of ether oxygens (including phenoxy) is 1. The van der Waals surface area contributed by atoms with E-state index in [1.54, 1.807) is 6.20 Å². The highest BCUT2D eigenvalue weighted by Gasteiger charge is 2.05. The number of aliphatic hydroxyl groups is 1. The normalized spacial score (nSPS) is 12.9. The molecule has 1 atom stereocenters. The maximum absolute atomic E-state index is 9.47. The Morgan fingerprint density at radius 3 is 3.00 bits per heavy atom. The van der Waals surface area contributed by atoms with E-state index < -0.39 is 6.10 Å². The van der Waals surface area contributed by atoms with Gasteiger partial charge in [0.2, 0.25) is 5.89 Å². The van der Waals surface area contributed by atoms with Gasteiger partial charge in [-0.1, -0.05) is 6.92 Å². The number of aromatic nitrogens is 1. The van der Waals surface area contributed by atoms with Crippen LogP contribution in [0.4, 0.5) is 0 Å². The summed E-state index contributed by atoms with van der Waals surface area (Å²) in [4.78, 5) is 4.10. The van der Waals surface area contributed by atoms with E-state index in [0.29, 0.717) is 32.2 Å². The summed E-state index contributed by atoms with van der Waals surface area (Å²) in [5.74, 6) is 1.53. The summed E-state index contributed by atoms with van der Waals surface area (Å²) in [5, 5.41) is 12.5. The quantitative estimate of drug-likeness (QED) is 0.686. The van der Waals surface area contributed by atoms with Crippen molar-refractivity contribution in [2.45, 2.75) is 32.9 Å². The molecule has 0 aliphatic carbocycles. The zero-order valence-electron chi connectivity index (χ0n) is 9.90. The van der Waals surface area contributed by atoms with E-state index in [1.807, 2.05) is 13.8 Å². The number of hydrogen-bond donors (Lipinski definition) is 2. The first-order chi connectivity index (χ1) is 7.76. The molecular weight excluding hydrogens is 208 g/mol. The minimum absolute atomic E-state index is 0.356. The molecule has 0 fully saturated rings. The molecule has 0 saturated heterocycles. The van der Waals surface area contributed by atoms with Crippen molar-refractivity contribution >= 4 is 0 Å². The van der Waals surface area contributed by atoms with Crippen molar-refractivity contribution in [3.63, 3.8) is 0 Å². The van der Waals surface area contributed by atoms with E-state index in [2.05, 4.69) is 10.3 Å². The van der Waals surface area contributed by atoms with Gasteiger partial charge >= 0.3 is 0 Å². The van der Waals surface area contributed by atoms with E-state index in [4.69, 9.17) is 9.15 Å². The third-order valence-corrected chi connectivity index (χ3v) is 2.12. The second-order valence-corrected chi connectivity index (χ2v) is 3.52. The van der Waals surface area contributed by atoms with Crippen LogP contribution in [0.3, 0.4) is 0 Å². The molecule has 0 amide bonds. The van der Waals surface area contributed by atoms with Crippen LogP contribution in [-0.2, 0) is 17.7 Å². The van der Waals surface area contributed by atoms with Gasteiger partial charge in [0.15, 0.2) is 0 Å². The van der Waals surface area contributed by atoms with Crippen LogP contribution in [0.25, 0.3) is 0 Å². The standard InChI is InChI=1S/C11H20N2O3/c1-3-10-6-13-11(16-10)7-12-5-9(14)8-15-4-2/h6,9,12,14H,3-5,7-8H2,1-2H3. The molecule has 0 radical (unpaired) electrons. The zero-order valence-corrected chi connectivity index (χ0v) is 9.90. The molecule has 1 unspecified atom stereocenters. The smallest absolute Gasteiger partial charge is 0.208 e. The summed E-state index contributed by atoms with van der Waals surface area (Å²) in [6.45, 7) is 5.90. The molecular formula is C11H20N2O3. The fourth-order valence-electron chi connectivity index (χ4n) is 1.25. The molecule has 0 spiro atoms. The lowest BCUT2D eigenvalue weighted by Gasteiger charge is -2.10. The summed E-state index contributed by atoms with van der Waals surface area (Å²) < 4.78 is 10.5. The Balaban J connectivity index is 2.14. The molecule has 0 bridgehead atoms. The average molecular weight is 228 g/mol. The minimum Gasteiger partial charge on any atom is -0.444 e. The largest absolute Gasteiger partial charge is 0.444 e. The number of aryl methyl sites for hydroxylation is 1. The number of aliphatic hydroxyl groups excluding tert-OH is 1. The second-order valence-electron chi connectivity index (χ2n) is 3.52. The molecule has 1 aromatic rings. The zero-order chi connectivity index (χ0) is 11.8. The van der Waals surface area contributed by atoms with Gasteiger partial charge in [0.25, 0.3) is 0 Å². The van der Waals surface area contributed by atoms with E-state index in [0.717, 1.165) is 12.2 Å². The molecule has 0 aromatic carbocycles.